The maximum atomic E-state index is 12.6. The van der Waals surface area contributed by atoms with E-state index in [1.807, 2.05) is 0 Å². The van der Waals surface area contributed by atoms with Gasteiger partial charge >= 0.3 is 5.69 Å². The number of amides is 2. The summed E-state index contributed by atoms with van der Waals surface area (Å²) >= 11 is 0. The molecule has 2 N–H and O–H groups in total. The molecule has 1 saturated heterocycles. The molecule has 8 nitrogen and oxygen atoms in total. The Morgan fingerprint density at radius 3 is 2.85 bits per heavy atom. The first-order valence-electron chi connectivity index (χ1n) is 8.25. The molecule has 2 aromatic rings. The molecule has 1 aliphatic rings. The SMILES string of the molecule is Cn1c(=O)n(C2CCC(=O)NC2=O)c2ccc(C#CCOCCO)cc21. The average Bonchev–Trinajstić information content (AvgIpc) is 2.86. The van der Waals surface area contributed by atoms with Crippen LogP contribution in [0.3, 0.4) is 0 Å². The van der Waals surface area contributed by atoms with Gasteiger partial charge in [-0.15, -0.1) is 0 Å². The van der Waals surface area contributed by atoms with Crippen molar-refractivity contribution in [3.8, 4) is 11.8 Å². The summed E-state index contributed by atoms with van der Waals surface area (Å²) in [5, 5.41) is 10.9. The molecule has 0 bridgehead atoms. The van der Waals surface area contributed by atoms with Gasteiger partial charge in [-0.25, -0.2) is 4.79 Å². The van der Waals surface area contributed by atoms with E-state index < -0.39 is 11.9 Å². The number of aromatic nitrogens is 2. The third-order valence-corrected chi connectivity index (χ3v) is 4.25. The number of rotatable bonds is 4. The van der Waals surface area contributed by atoms with Gasteiger partial charge in [0.25, 0.3) is 0 Å². The Morgan fingerprint density at radius 1 is 1.31 bits per heavy atom. The number of nitrogens with one attached hydrogen (secondary N) is 1. The van der Waals surface area contributed by atoms with Gasteiger partial charge in [-0.1, -0.05) is 11.8 Å². The van der Waals surface area contributed by atoms with Crippen LogP contribution in [0.5, 0.6) is 0 Å². The first-order valence-corrected chi connectivity index (χ1v) is 8.25. The van der Waals surface area contributed by atoms with Crippen molar-refractivity contribution in [3.63, 3.8) is 0 Å². The Hall–Kier alpha value is -2.89. The summed E-state index contributed by atoms with van der Waals surface area (Å²) in [6.45, 7) is 0.384. The van der Waals surface area contributed by atoms with E-state index in [9.17, 15) is 14.4 Å². The van der Waals surface area contributed by atoms with Crippen molar-refractivity contribution >= 4 is 22.8 Å². The van der Waals surface area contributed by atoms with Crippen LogP contribution >= 0.6 is 0 Å². The third kappa shape index (κ3) is 3.40. The number of imidazole rings is 1. The van der Waals surface area contributed by atoms with Gasteiger partial charge in [0.1, 0.15) is 12.6 Å². The first kappa shape index (κ1) is 17.9. The summed E-state index contributed by atoms with van der Waals surface area (Å²) in [7, 11) is 1.63. The quantitative estimate of drug-likeness (QED) is 0.443. The Bertz CT molecular complexity index is 976. The number of imide groups is 1. The van der Waals surface area contributed by atoms with Gasteiger partial charge < -0.3 is 9.84 Å². The smallest absolute Gasteiger partial charge is 0.329 e. The third-order valence-electron chi connectivity index (χ3n) is 4.25. The van der Waals surface area contributed by atoms with Gasteiger partial charge in [-0.05, 0) is 24.6 Å². The maximum absolute atomic E-state index is 12.6. The molecule has 2 heterocycles. The van der Waals surface area contributed by atoms with Crippen LogP contribution in [0.2, 0.25) is 0 Å². The zero-order chi connectivity index (χ0) is 18.7. The summed E-state index contributed by atoms with van der Waals surface area (Å²) in [6.07, 6.45) is 0.504. The van der Waals surface area contributed by atoms with E-state index in [1.54, 1.807) is 25.2 Å². The second-order valence-corrected chi connectivity index (χ2v) is 5.96. The molecule has 0 spiro atoms. The van der Waals surface area contributed by atoms with E-state index in [1.165, 1.54) is 9.13 Å². The standard InChI is InChI=1S/C18H19N3O5/c1-20-15-11-12(3-2-9-26-10-8-22)4-5-13(15)21(18(20)25)14-6-7-16(23)19-17(14)24/h4-5,11,14,22H,6-10H2,1H3,(H,19,23,24). The predicted octanol–water partition coefficient (Wildman–Crippen LogP) is -0.322. The predicted molar refractivity (Wildman–Crippen MR) is 93.4 cm³/mol. The molecule has 1 fully saturated rings. The molecule has 2 amide bonds. The Labute approximate surface area is 149 Å². The van der Waals surface area contributed by atoms with Crippen LogP contribution in [0, 0.1) is 11.8 Å². The molecule has 1 atom stereocenters. The topological polar surface area (TPSA) is 103 Å². The molecule has 26 heavy (non-hydrogen) atoms. The molecule has 1 aliphatic heterocycles. The zero-order valence-corrected chi connectivity index (χ0v) is 14.3. The molecule has 8 heteroatoms. The van der Waals surface area contributed by atoms with Crippen molar-refractivity contribution < 1.29 is 19.4 Å². The minimum absolute atomic E-state index is 0.0520. The Morgan fingerprint density at radius 2 is 2.12 bits per heavy atom. The highest BCUT2D eigenvalue weighted by Gasteiger charge is 2.31. The van der Waals surface area contributed by atoms with Gasteiger partial charge in [-0.3, -0.25) is 24.0 Å². The molecule has 1 unspecified atom stereocenters. The van der Waals surface area contributed by atoms with Crippen molar-refractivity contribution in [2.45, 2.75) is 18.9 Å². The zero-order valence-electron chi connectivity index (χ0n) is 14.3. The summed E-state index contributed by atoms with van der Waals surface area (Å²) < 4.78 is 7.98. The van der Waals surface area contributed by atoms with Gasteiger partial charge in [-0.2, -0.15) is 0 Å². The number of benzene rings is 1. The number of piperidine rings is 1. The maximum Gasteiger partial charge on any atom is 0.329 e. The molecule has 0 aliphatic carbocycles. The van der Waals surface area contributed by atoms with E-state index in [2.05, 4.69) is 17.2 Å². The Balaban J connectivity index is 1.95. The molecule has 3 rings (SSSR count). The van der Waals surface area contributed by atoms with E-state index >= 15 is 0 Å². The molecular formula is C18H19N3O5. The lowest BCUT2D eigenvalue weighted by Gasteiger charge is -2.21. The molecule has 0 radical (unpaired) electrons. The average molecular weight is 357 g/mol. The lowest BCUT2D eigenvalue weighted by atomic mass is 10.1. The fourth-order valence-corrected chi connectivity index (χ4v) is 3.00. The van der Waals surface area contributed by atoms with E-state index in [4.69, 9.17) is 9.84 Å². The van der Waals surface area contributed by atoms with Gasteiger partial charge in [0, 0.05) is 19.0 Å². The van der Waals surface area contributed by atoms with Crippen LogP contribution in [0.25, 0.3) is 11.0 Å². The lowest BCUT2D eigenvalue weighted by Crippen LogP contribution is -2.44. The summed E-state index contributed by atoms with van der Waals surface area (Å²) in [5.74, 6) is 5.00. The number of aryl methyl sites for hydroxylation is 1. The van der Waals surface area contributed by atoms with Crippen LogP contribution < -0.4 is 11.0 Å². The number of hydrogen-bond acceptors (Lipinski definition) is 5. The number of fused-ring (bicyclic) bond motifs is 1. The number of ether oxygens (including phenoxy) is 1. The van der Waals surface area contributed by atoms with Crippen molar-refractivity contribution in [3.05, 3.63) is 34.2 Å². The minimum Gasteiger partial charge on any atom is -0.394 e. The Kier molecular flexibility index (Phi) is 5.21. The molecule has 136 valence electrons. The van der Waals surface area contributed by atoms with Crippen LogP contribution in [0.15, 0.2) is 23.0 Å². The number of carbonyl (C=O) groups is 2. The summed E-state index contributed by atoms with van der Waals surface area (Å²) in [5.41, 5.74) is 1.67. The van der Waals surface area contributed by atoms with Crippen LogP contribution in [-0.4, -0.2) is 45.9 Å². The van der Waals surface area contributed by atoms with Crippen molar-refractivity contribution in [1.82, 2.24) is 14.5 Å². The number of aliphatic hydroxyl groups excluding tert-OH is 1. The molecule has 1 aromatic carbocycles. The first-order chi connectivity index (χ1) is 12.5. The number of nitrogens with zero attached hydrogens (tertiary/aromatic N) is 2. The molecular weight excluding hydrogens is 338 g/mol. The number of carbonyl (C=O) groups excluding carboxylic acids is 2. The summed E-state index contributed by atoms with van der Waals surface area (Å²) in [6, 6.07) is 4.59. The van der Waals surface area contributed by atoms with Crippen molar-refractivity contribution in [2.75, 3.05) is 19.8 Å². The second-order valence-electron chi connectivity index (χ2n) is 5.96. The fourth-order valence-electron chi connectivity index (χ4n) is 3.00. The van der Waals surface area contributed by atoms with Gasteiger partial charge in [0.2, 0.25) is 11.8 Å². The highest BCUT2D eigenvalue weighted by molar-refractivity contribution is 6.00. The fraction of sp³-hybridized carbons (Fsp3) is 0.389. The monoisotopic (exact) mass is 357 g/mol. The van der Waals surface area contributed by atoms with Crippen LogP contribution in [0.1, 0.15) is 24.4 Å². The van der Waals surface area contributed by atoms with E-state index in [0.717, 1.165) is 0 Å². The normalized spacial score (nSPS) is 17.1. The highest BCUT2D eigenvalue weighted by Crippen LogP contribution is 2.23. The van der Waals surface area contributed by atoms with Crippen molar-refractivity contribution in [1.29, 1.82) is 0 Å². The number of hydrogen-bond donors (Lipinski definition) is 2. The number of aliphatic hydroxyl groups is 1. The highest BCUT2D eigenvalue weighted by atomic mass is 16.5. The molecule has 0 saturated carbocycles. The summed E-state index contributed by atoms with van der Waals surface area (Å²) in [4.78, 5) is 36.1. The van der Waals surface area contributed by atoms with E-state index in [-0.39, 0.29) is 37.8 Å². The largest absolute Gasteiger partial charge is 0.394 e. The van der Waals surface area contributed by atoms with E-state index in [0.29, 0.717) is 23.0 Å². The minimum atomic E-state index is -0.701. The lowest BCUT2D eigenvalue weighted by molar-refractivity contribution is -0.135. The van der Waals surface area contributed by atoms with Crippen molar-refractivity contribution in [2.24, 2.45) is 7.05 Å². The second kappa shape index (κ2) is 7.56. The van der Waals surface area contributed by atoms with Crippen LogP contribution in [-0.2, 0) is 21.4 Å². The van der Waals surface area contributed by atoms with Gasteiger partial charge in [0.05, 0.1) is 24.2 Å². The molecule has 1 aromatic heterocycles. The van der Waals surface area contributed by atoms with Gasteiger partial charge in [0.15, 0.2) is 0 Å². The van der Waals surface area contributed by atoms with Crippen LogP contribution in [0.4, 0.5) is 0 Å².